The fraction of sp³-hybridized carbons (Fsp3) is 0.533. The zero-order valence-corrected chi connectivity index (χ0v) is 13.0. The second kappa shape index (κ2) is 7.33. The first-order chi connectivity index (χ1) is 10.6. The van der Waals surface area contributed by atoms with Crippen molar-refractivity contribution < 1.29 is 24.1 Å². The van der Waals surface area contributed by atoms with Gasteiger partial charge >= 0.3 is 0 Å². The Bertz CT molecular complexity index is 510. The van der Waals surface area contributed by atoms with Crippen molar-refractivity contribution in [2.24, 2.45) is 0 Å². The molecule has 1 heterocycles. The van der Waals surface area contributed by atoms with Crippen molar-refractivity contribution in [2.45, 2.75) is 25.1 Å². The molecule has 0 saturated carbocycles. The van der Waals surface area contributed by atoms with Gasteiger partial charge in [0, 0.05) is 13.1 Å². The van der Waals surface area contributed by atoms with Crippen LogP contribution in [0.4, 0.5) is 0 Å². The van der Waals surface area contributed by atoms with Gasteiger partial charge in [0.15, 0.2) is 11.5 Å². The van der Waals surface area contributed by atoms with Crippen LogP contribution in [0.1, 0.15) is 12.0 Å². The lowest BCUT2D eigenvalue weighted by Gasteiger charge is -2.15. The van der Waals surface area contributed by atoms with Crippen molar-refractivity contribution >= 4 is 5.91 Å². The Labute approximate surface area is 129 Å². The van der Waals surface area contributed by atoms with Crippen LogP contribution in [0.3, 0.4) is 0 Å². The molecule has 1 amide bonds. The minimum Gasteiger partial charge on any atom is -0.493 e. The predicted octanol–water partition coefficient (Wildman–Crippen LogP) is 0.0514. The molecule has 122 valence electrons. The molecular weight excluding hydrogens is 288 g/mol. The standard InChI is InChI=1S/C15H22N2O5/c1-20-12-4-9(5-13(21-2)14(12)22-3)7-17-15(19)11-6-10(18)8-16-11/h4-5,10-11,16,18H,6-8H2,1-3H3,(H,17,19). The van der Waals surface area contributed by atoms with E-state index < -0.39 is 6.10 Å². The second-order valence-electron chi connectivity index (χ2n) is 5.10. The number of hydrogen-bond donors (Lipinski definition) is 3. The number of nitrogens with one attached hydrogen (secondary N) is 2. The molecule has 1 aliphatic rings. The molecule has 3 N–H and O–H groups in total. The van der Waals surface area contributed by atoms with Crippen LogP contribution >= 0.6 is 0 Å². The number of carbonyl (C=O) groups is 1. The quantitative estimate of drug-likeness (QED) is 0.688. The number of rotatable bonds is 6. The summed E-state index contributed by atoms with van der Waals surface area (Å²) in [5, 5.41) is 15.2. The molecule has 1 aliphatic heterocycles. The van der Waals surface area contributed by atoms with E-state index in [1.807, 2.05) is 0 Å². The molecule has 1 aromatic carbocycles. The minimum atomic E-state index is -0.461. The number of ether oxygens (including phenoxy) is 3. The third-order valence-electron chi connectivity index (χ3n) is 3.62. The normalized spacial score (nSPS) is 20.5. The number of aliphatic hydroxyl groups excluding tert-OH is 1. The summed E-state index contributed by atoms with van der Waals surface area (Å²) in [5.74, 6) is 1.46. The van der Waals surface area contributed by atoms with Gasteiger partial charge in [-0.25, -0.2) is 0 Å². The molecular formula is C15H22N2O5. The molecule has 0 aromatic heterocycles. The lowest BCUT2D eigenvalue weighted by Crippen LogP contribution is -2.40. The highest BCUT2D eigenvalue weighted by molar-refractivity contribution is 5.82. The number of aliphatic hydroxyl groups is 1. The Kier molecular flexibility index (Phi) is 5.46. The van der Waals surface area contributed by atoms with E-state index in [9.17, 15) is 9.90 Å². The maximum atomic E-state index is 12.0. The van der Waals surface area contributed by atoms with Gasteiger partial charge < -0.3 is 30.0 Å². The van der Waals surface area contributed by atoms with Crippen LogP contribution in [0.2, 0.25) is 0 Å². The van der Waals surface area contributed by atoms with Crippen LogP contribution in [0.5, 0.6) is 17.2 Å². The summed E-state index contributed by atoms with van der Waals surface area (Å²) in [4.78, 5) is 12.0. The van der Waals surface area contributed by atoms with Gasteiger partial charge in [0.1, 0.15) is 0 Å². The molecule has 0 bridgehead atoms. The van der Waals surface area contributed by atoms with Crippen LogP contribution in [0.15, 0.2) is 12.1 Å². The van der Waals surface area contributed by atoms with Crippen LogP contribution in [-0.2, 0) is 11.3 Å². The Balaban J connectivity index is 2.05. The molecule has 2 rings (SSSR count). The molecule has 22 heavy (non-hydrogen) atoms. The topological polar surface area (TPSA) is 89.1 Å². The van der Waals surface area contributed by atoms with Crippen LogP contribution in [0, 0.1) is 0 Å². The Morgan fingerprint density at radius 2 is 1.91 bits per heavy atom. The fourth-order valence-corrected chi connectivity index (χ4v) is 2.47. The van der Waals surface area contributed by atoms with Crippen LogP contribution in [-0.4, -0.2) is 51.0 Å². The molecule has 0 radical (unpaired) electrons. The molecule has 0 spiro atoms. The molecule has 0 aliphatic carbocycles. The number of hydrogen-bond acceptors (Lipinski definition) is 6. The first-order valence-electron chi connectivity index (χ1n) is 7.07. The predicted molar refractivity (Wildman–Crippen MR) is 80.4 cm³/mol. The average molecular weight is 310 g/mol. The monoisotopic (exact) mass is 310 g/mol. The lowest BCUT2D eigenvalue weighted by molar-refractivity contribution is -0.123. The summed E-state index contributed by atoms with van der Waals surface area (Å²) in [6.45, 7) is 0.784. The van der Waals surface area contributed by atoms with Gasteiger partial charge in [-0.3, -0.25) is 4.79 Å². The van der Waals surface area contributed by atoms with Gasteiger partial charge in [-0.1, -0.05) is 0 Å². The average Bonchev–Trinajstić information content (AvgIpc) is 2.97. The largest absolute Gasteiger partial charge is 0.493 e. The molecule has 7 nitrogen and oxygen atoms in total. The van der Waals surface area contributed by atoms with E-state index in [2.05, 4.69) is 10.6 Å². The van der Waals surface area contributed by atoms with E-state index in [0.717, 1.165) is 5.56 Å². The van der Waals surface area contributed by atoms with Crippen molar-refractivity contribution in [1.82, 2.24) is 10.6 Å². The van der Waals surface area contributed by atoms with Crippen LogP contribution in [0.25, 0.3) is 0 Å². The third kappa shape index (κ3) is 3.61. The van der Waals surface area contributed by atoms with Gasteiger partial charge in [-0.2, -0.15) is 0 Å². The van der Waals surface area contributed by atoms with Crippen molar-refractivity contribution in [3.63, 3.8) is 0 Å². The molecule has 1 fully saturated rings. The third-order valence-corrected chi connectivity index (χ3v) is 3.62. The van der Waals surface area contributed by atoms with E-state index >= 15 is 0 Å². The highest BCUT2D eigenvalue weighted by atomic mass is 16.5. The van der Waals surface area contributed by atoms with E-state index in [1.54, 1.807) is 33.5 Å². The number of methoxy groups -OCH3 is 3. The first kappa shape index (κ1) is 16.4. The maximum Gasteiger partial charge on any atom is 0.237 e. The van der Waals surface area contributed by atoms with Crippen molar-refractivity contribution in [1.29, 1.82) is 0 Å². The Hall–Kier alpha value is -1.99. The minimum absolute atomic E-state index is 0.134. The van der Waals surface area contributed by atoms with Crippen molar-refractivity contribution in [3.8, 4) is 17.2 Å². The molecule has 7 heteroatoms. The van der Waals surface area contributed by atoms with Crippen molar-refractivity contribution in [3.05, 3.63) is 17.7 Å². The summed E-state index contributed by atoms with van der Waals surface area (Å²) < 4.78 is 15.8. The van der Waals surface area contributed by atoms with Crippen LogP contribution < -0.4 is 24.8 Å². The zero-order valence-electron chi connectivity index (χ0n) is 13.0. The SMILES string of the molecule is COc1cc(CNC(=O)C2CC(O)CN2)cc(OC)c1OC. The summed E-state index contributed by atoms with van der Waals surface area (Å²) in [6.07, 6.45) is -0.0295. The van der Waals surface area contributed by atoms with E-state index in [-0.39, 0.29) is 11.9 Å². The van der Waals surface area contributed by atoms with Gasteiger partial charge in [0.05, 0.1) is 33.5 Å². The highest BCUT2D eigenvalue weighted by Gasteiger charge is 2.27. The maximum absolute atomic E-state index is 12.0. The van der Waals surface area contributed by atoms with Gasteiger partial charge in [-0.15, -0.1) is 0 Å². The Morgan fingerprint density at radius 1 is 1.27 bits per heavy atom. The van der Waals surface area contributed by atoms with Gasteiger partial charge in [0.25, 0.3) is 0 Å². The number of β-amino-alcohol motifs (C(OH)–C–C–N with tert-alkyl or cyclic N) is 1. The van der Waals surface area contributed by atoms with E-state index in [4.69, 9.17) is 14.2 Å². The summed E-state index contributed by atoms with van der Waals surface area (Å²) >= 11 is 0. The van der Waals surface area contributed by atoms with E-state index in [0.29, 0.717) is 36.8 Å². The van der Waals surface area contributed by atoms with Crippen molar-refractivity contribution in [2.75, 3.05) is 27.9 Å². The van der Waals surface area contributed by atoms with E-state index in [1.165, 1.54) is 0 Å². The van der Waals surface area contributed by atoms with Gasteiger partial charge in [0.2, 0.25) is 11.7 Å². The summed E-state index contributed by atoms with van der Waals surface area (Å²) in [7, 11) is 4.63. The number of amides is 1. The number of benzene rings is 1. The smallest absolute Gasteiger partial charge is 0.237 e. The molecule has 2 unspecified atom stereocenters. The Morgan fingerprint density at radius 3 is 2.36 bits per heavy atom. The molecule has 1 saturated heterocycles. The fourth-order valence-electron chi connectivity index (χ4n) is 2.47. The highest BCUT2D eigenvalue weighted by Crippen LogP contribution is 2.38. The first-order valence-corrected chi connectivity index (χ1v) is 7.07. The number of carbonyl (C=O) groups excluding carboxylic acids is 1. The van der Waals surface area contributed by atoms with Gasteiger partial charge in [-0.05, 0) is 24.1 Å². The lowest BCUT2D eigenvalue weighted by atomic mass is 10.1. The zero-order chi connectivity index (χ0) is 16.1. The molecule has 2 atom stereocenters. The summed E-state index contributed by atoms with van der Waals surface area (Å²) in [6, 6.07) is 3.23. The molecule has 1 aromatic rings. The summed E-state index contributed by atoms with van der Waals surface area (Å²) in [5.41, 5.74) is 0.835. The second-order valence-corrected chi connectivity index (χ2v) is 5.10.